The van der Waals surface area contributed by atoms with Gasteiger partial charge < -0.3 is 0 Å². The second-order valence-corrected chi connectivity index (χ2v) is 10.6. The number of benzene rings is 2. The molecule has 0 atom stereocenters. The lowest BCUT2D eigenvalue weighted by Gasteiger charge is -2.33. The van der Waals surface area contributed by atoms with Crippen LogP contribution in [0.4, 0.5) is 4.39 Å². The van der Waals surface area contributed by atoms with E-state index in [-0.39, 0.29) is 5.82 Å². The second-order valence-electron chi connectivity index (χ2n) is 8.62. The van der Waals surface area contributed by atoms with Crippen molar-refractivity contribution >= 4 is 21.2 Å². The lowest BCUT2D eigenvalue weighted by atomic mass is 10.1. The van der Waals surface area contributed by atoms with Gasteiger partial charge in [-0.05, 0) is 67.4 Å². The first-order chi connectivity index (χ1) is 16.3. The molecule has 7 nitrogen and oxygen atoms in total. The fourth-order valence-electron chi connectivity index (χ4n) is 4.30. The molecule has 4 aromatic rings. The van der Waals surface area contributed by atoms with Gasteiger partial charge in [-0.3, -0.25) is 9.47 Å². The van der Waals surface area contributed by atoms with Crippen LogP contribution in [-0.2, 0) is 16.6 Å². The highest BCUT2D eigenvalue weighted by Gasteiger charge is 2.29. The van der Waals surface area contributed by atoms with Crippen LogP contribution in [-0.4, -0.2) is 58.3 Å². The van der Waals surface area contributed by atoms with Crippen LogP contribution in [0.15, 0.2) is 65.7 Å². The summed E-state index contributed by atoms with van der Waals surface area (Å²) in [4.78, 5) is 11.7. The third kappa shape index (κ3) is 4.22. The normalized spacial score (nSPS) is 15.7. The Morgan fingerprint density at radius 2 is 1.74 bits per heavy atom. The highest BCUT2D eigenvalue weighted by molar-refractivity contribution is 7.89. The standard InChI is InChI=1S/C25H26FN5O2S/c1-18-8-9-22(15-19(18)2)34(32,33)30-13-11-29(12-14-30)17-24-28-23-7-4-10-27-25(23)31(24)21-6-3-5-20(26)16-21/h3-10,15-16H,11-14,17H2,1-2H3. The molecule has 1 aliphatic heterocycles. The molecule has 1 aliphatic rings. The van der Waals surface area contributed by atoms with Gasteiger partial charge in [0, 0.05) is 32.4 Å². The summed E-state index contributed by atoms with van der Waals surface area (Å²) >= 11 is 0. The van der Waals surface area contributed by atoms with Crippen LogP contribution >= 0.6 is 0 Å². The number of pyridine rings is 1. The van der Waals surface area contributed by atoms with Gasteiger partial charge in [0.1, 0.15) is 17.2 Å². The van der Waals surface area contributed by atoms with Gasteiger partial charge in [-0.25, -0.2) is 22.8 Å². The quantitative estimate of drug-likeness (QED) is 0.437. The van der Waals surface area contributed by atoms with Crippen molar-refractivity contribution in [2.45, 2.75) is 25.3 Å². The summed E-state index contributed by atoms with van der Waals surface area (Å²) in [6.45, 7) is 6.34. The molecular weight excluding hydrogens is 453 g/mol. The molecule has 0 saturated carbocycles. The third-order valence-electron chi connectivity index (χ3n) is 6.36. The van der Waals surface area contributed by atoms with Crippen molar-refractivity contribution < 1.29 is 12.8 Å². The van der Waals surface area contributed by atoms with Gasteiger partial charge in [0.25, 0.3) is 0 Å². The van der Waals surface area contributed by atoms with Crippen molar-refractivity contribution in [2.24, 2.45) is 0 Å². The predicted octanol–water partition coefficient (Wildman–Crippen LogP) is 3.68. The monoisotopic (exact) mass is 479 g/mol. The topological polar surface area (TPSA) is 71.3 Å². The summed E-state index contributed by atoms with van der Waals surface area (Å²) in [5, 5.41) is 0. The van der Waals surface area contributed by atoms with E-state index >= 15 is 0 Å². The minimum atomic E-state index is -3.54. The number of hydrogen-bond donors (Lipinski definition) is 0. The zero-order valence-electron chi connectivity index (χ0n) is 19.1. The van der Waals surface area contributed by atoms with E-state index in [1.807, 2.05) is 42.7 Å². The Kier molecular flexibility index (Phi) is 5.93. The summed E-state index contributed by atoms with van der Waals surface area (Å²) in [7, 11) is -3.54. The highest BCUT2D eigenvalue weighted by atomic mass is 32.2. The Morgan fingerprint density at radius 1 is 0.941 bits per heavy atom. The van der Waals surface area contributed by atoms with E-state index < -0.39 is 10.0 Å². The summed E-state index contributed by atoms with van der Waals surface area (Å²) < 4.78 is 43.7. The Labute approximate surface area is 198 Å². The van der Waals surface area contributed by atoms with Gasteiger partial charge in [-0.15, -0.1) is 0 Å². The summed E-state index contributed by atoms with van der Waals surface area (Å²) in [6, 6.07) is 15.3. The van der Waals surface area contributed by atoms with E-state index in [4.69, 9.17) is 4.98 Å². The van der Waals surface area contributed by atoms with Gasteiger partial charge in [-0.2, -0.15) is 4.31 Å². The number of nitrogens with zero attached hydrogens (tertiary/aromatic N) is 5. The van der Waals surface area contributed by atoms with Crippen LogP contribution in [0, 0.1) is 19.7 Å². The molecule has 0 spiro atoms. The lowest BCUT2D eigenvalue weighted by Crippen LogP contribution is -2.48. The number of aryl methyl sites for hydroxylation is 2. The van der Waals surface area contributed by atoms with Crippen LogP contribution in [0.3, 0.4) is 0 Å². The van der Waals surface area contributed by atoms with Crippen molar-refractivity contribution in [3.8, 4) is 5.69 Å². The zero-order valence-corrected chi connectivity index (χ0v) is 20.0. The van der Waals surface area contributed by atoms with E-state index in [0.29, 0.717) is 49.0 Å². The molecule has 1 fully saturated rings. The van der Waals surface area contributed by atoms with Gasteiger partial charge in [0.05, 0.1) is 17.1 Å². The van der Waals surface area contributed by atoms with Gasteiger partial charge in [0.15, 0.2) is 5.65 Å². The predicted molar refractivity (Wildman–Crippen MR) is 129 cm³/mol. The highest BCUT2D eigenvalue weighted by Crippen LogP contribution is 2.24. The first kappa shape index (κ1) is 22.6. The second kappa shape index (κ2) is 8.90. The van der Waals surface area contributed by atoms with Crippen molar-refractivity contribution in [3.63, 3.8) is 0 Å². The maximum absolute atomic E-state index is 14.0. The Balaban J connectivity index is 1.37. The number of hydrogen-bond acceptors (Lipinski definition) is 5. The summed E-state index contributed by atoms with van der Waals surface area (Å²) in [5.41, 5.74) is 4.09. The van der Waals surface area contributed by atoms with Gasteiger partial charge >= 0.3 is 0 Å². The van der Waals surface area contributed by atoms with Crippen molar-refractivity contribution in [3.05, 3.63) is 83.6 Å². The average molecular weight is 480 g/mol. The number of halogens is 1. The molecule has 1 saturated heterocycles. The average Bonchev–Trinajstić information content (AvgIpc) is 3.19. The van der Waals surface area contributed by atoms with Crippen LogP contribution in [0.25, 0.3) is 16.9 Å². The molecule has 2 aromatic heterocycles. The fourth-order valence-corrected chi connectivity index (χ4v) is 5.81. The molecule has 5 rings (SSSR count). The molecule has 176 valence electrons. The van der Waals surface area contributed by atoms with Crippen LogP contribution in [0.2, 0.25) is 0 Å². The van der Waals surface area contributed by atoms with Crippen LogP contribution < -0.4 is 0 Å². The molecule has 0 N–H and O–H groups in total. The molecule has 0 radical (unpaired) electrons. The molecular formula is C25H26FN5O2S. The smallest absolute Gasteiger partial charge is 0.243 e. The number of rotatable bonds is 5. The van der Waals surface area contributed by atoms with Crippen LogP contribution in [0.5, 0.6) is 0 Å². The van der Waals surface area contributed by atoms with Gasteiger partial charge in [-0.1, -0.05) is 12.1 Å². The van der Waals surface area contributed by atoms with Gasteiger partial charge in [0.2, 0.25) is 10.0 Å². The molecule has 0 unspecified atom stereocenters. The molecule has 0 aliphatic carbocycles. The van der Waals surface area contributed by atoms with Crippen LogP contribution in [0.1, 0.15) is 17.0 Å². The van der Waals surface area contributed by atoms with E-state index in [1.54, 1.807) is 28.7 Å². The lowest BCUT2D eigenvalue weighted by molar-refractivity contribution is 0.177. The maximum Gasteiger partial charge on any atom is 0.243 e. The minimum absolute atomic E-state index is 0.327. The first-order valence-electron chi connectivity index (χ1n) is 11.2. The molecule has 9 heteroatoms. The molecule has 0 amide bonds. The SMILES string of the molecule is Cc1ccc(S(=O)(=O)N2CCN(Cc3nc4cccnc4n3-c3cccc(F)c3)CC2)cc1C. The minimum Gasteiger partial charge on any atom is -0.293 e. The fraction of sp³-hybridized carbons (Fsp3) is 0.280. The number of piperazine rings is 1. The largest absolute Gasteiger partial charge is 0.293 e. The van der Waals surface area contributed by atoms with E-state index in [0.717, 1.165) is 22.5 Å². The van der Waals surface area contributed by atoms with E-state index in [9.17, 15) is 12.8 Å². The van der Waals surface area contributed by atoms with E-state index in [2.05, 4.69) is 9.88 Å². The summed E-state index contributed by atoms with van der Waals surface area (Å²) in [5.74, 6) is 0.413. The Hall–Kier alpha value is -3.14. The zero-order chi connectivity index (χ0) is 23.9. The molecule has 3 heterocycles. The van der Waals surface area contributed by atoms with Crippen molar-refractivity contribution in [1.82, 2.24) is 23.7 Å². The number of imidazole rings is 1. The molecule has 2 aromatic carbocycles. The first-order valence-corrected chi connectivity index (χ1v) is 12.6. The number of aromatic nitrogens is 3. The number of fused-ring (bicyclic) bond motifs is 1. The molecule has 34 heavy (non-hydrogen) atoms. The Bertz CT molecular complexity index is 1460. The third-order valence-corrected chi connectivity index (χ3v) is 8.26. The summed E-state index contributed by atoms with van der Waals surface area (Å²) in [6.07, 6.45) is 1.69. The van der Waals surface area contributed by atoms with E-state index in [1.165, 1.54) is 12.1 Å². The van der Waals surface area contributed by atoms with Crippen molar-refractivity contribution in [2.75, 3.05) is 26.2 Å². The number of sulfonamides is 1. The Morgan fingerprint density at radius 3 is 2.47 bits per heavy atom. The maximum atomic E-state index is 14.0. The molecule has 0 bridgehead atoms. The van der Waals surface area contributed by atoms with Crippen molar-refractivity contribution in [1.29, 1.82) is 0 Å².